The maximum absolute atomic E-state index is 13.3. The first-order valence-corrected chi connectivity index (χ1v) is 7.31. The smallest absolute Gasteiger partial charge is 0.210 e. The van der Waals surface area contributed by atoms with Crippen LogP contribution in [-0.4, -0.2) is 12.0 Å². The Morgan fingerprint density at radius 1 is 1.20 bits per heavy atom. The lowest BCUT2D eigenvalue weighted by Gasteiger charge is -2.19. The summed E-state index contributed by atoms with van der Waals surface area (Å²) < 4.78 is 13.3. The van der Waals surface area contributed by atoms with Gasteiger partial charge in [0.05, 0.1) is 16.1 Å². The molecule has 20 heavy (non-hydrogen) atoms. The zero-order valence-corrected chi connectivity index (χ0v) is 12.4. The van der Waals surface area contributed by atoms with Crippen LogP contribution in [0.5, 0.6) is 0 Å². The van der Waals surface area contributed by atoms with Gasteiger partial charge in [0.15, 0.2) is 5.82 Å². The first-order chi connectivity index (χ1) is 9.60. The molecule has 0 spiro atoms. The molecule has 1 aliphatic carbocycles. The Hall–Kier alpha value is -1.04. The topological polar surface area (TPSA) is 62.4 Å². The first-order valence-electron chi connectivity index (χ1n) is 6.56. The summed E-state index contributed by atoms with van der Waals surface area (Å²) in [5, 5.41) is 2.87. The second-order valence-corrected chi connectivity index (χ2v) is 5.61. The highest BCUT2D eigenvalue weighted by atomic mass is 35.5. The maximum atomic E-state index is 13.3. The van der Waals surface area contributed by atoms with Crippen molar-refractivity contribution in [1.82, 2.24) is 5.43 Å². The van der Waals surface area contributed by atoms with E-state index >= 15 is 0 Å². The molecule has 4 N–H and O–H groups in total. The Morgan fingerprint density at radius 3 is 2.35 bits per heavy atom. The van der Waals surface area contributed by atoms with Crippen molar-refractivity contribution in [2.75, 3.05) is 5.32 Å². The van der Waals surface area contributed by atoms with Gasteiger partial charge in [-0.25, -0.2) is 15.2 Å². The number of aliphatic imine (C=N–C) groups is 1. The number of nitrogens with two attached hydrogens (primary N) is 1. The van der Waals surface area contributed by atoms with E-state index in [0.29, 0.717) is 11.6 Å². The summed E-state index contributed by atoms with van der Waals surface area (Å²) >= 11 is 11.5. The molecule has 2 rings (SSSR count). The fourth-order valence-corrected chi connectivity index (χ4v) is 2.75. The Morgan fingerprint density at radius 2 is 1.80 bits per heavy atom. The molecule has 4 nitrogen and oxygen atoms in total. The van der Waals surface area contributed by atoms with E-state index in [9.17, 15) is 4.39 Å². The fraction of sp³-hybridized carbons (Fsp3) is 0.462. The number of rotatable bonds is 2. The van der Waals surface area contributed by atoms with Crippen molar-refractivity contribution in [2.45, 2.75) is 38.1 Å². The van der Waals surface area contributed by atoms with Crippen LogP contribution < -0.4 is 16.6 Å². The summed E-state index contributed by atoms with van der Waals surface area (Å²) in [6, 6.07) is 3.14. The molecule has 1 aliphatic rings. The number of hydrogen-bond donors (Lipinski definition) is 3. The number of halogens is 3. The standard InChI is InChI=1S/C13H17Cl2FN4/c14-10-6-9(7-11(15)12(10)16)19-13(20-17)18-8-4-2-1-3-5-8/h6-8H,1-5,17H2,(H2,18,19,20). The van der Waals surface area contributed by atoms with Crippen LogP contribution in [-0.2, 0) is 0 Å². The molecule has 7 heteroatoms. The first kappa shape index (κ1) is 15.4. The van der Waals surface area contributed by atoms with E-state index in [4.69, 9.17) is 29.0 Å². The van der Waals surface area contributed by atoms with E-state index < -0.39 is 5.82 Å². The van der Waals surface area contributed by atoms with E-state index in [1.54, 1.807) is 0 Å². The van der Waals surface area contributed by atoms with Gasteiger partial charge in [-0.2, -0.15) is 0 Å². The average molecular weight is 319 g/mol. The highest BCUT2D eigenvalue weighted by molar-refractivity contribution is 6.35. The van der Waals surface area contributed by atoms with Crippen LogP contribution in [0.4, 0.5) is 10.1 Å². The Balaban J connectivity index is 2.11. The lowest BCUT2D eigenvalue weighted by Crippen LogP contribution is -2.37. The SMILES string of the molecule is NNC(=NC1CCCCC1)Nc1cc(Cl)c(F)c(Cl)c1. The molecule has 0 bridgehead atoms. The molecule has 0 unspecified atom stereocenters. The molecule has 0 aromatic heterocycles. The van der Waals surface area contributed by atoms with Crippen molar-refractivity contribution in [3.05, 3.63) is 28.0 Å². The molecular weight excluding hydrogens is 302 g/mol. The highest BCUT2D eigenvalue weighted by Gasteiger charge is 2.14. The number of nitrogens with one attached hydrogen (secondary N) is 2. The maximum Gasteiger partial charge on any atom is 0.210 e. The molecule has 0 radical (unpaired) electrons. The molecule has 1 fully saturated rings. The molecule has 1 aromatic rings. The van der Waals surface area contributed by atoms with Crippen LogP contribution in [0.2, 0.25) is 10.0 Å². The highest BCUT2D eigenvalue weighted by Crippen LogP contribution is 2.27. The molecule has 1 aromatic carbocycles. The van der Waals surface area contributed by atoms with Crippen LogP contribution >= 0.6 is 23.2 Å². The lowest BCUT2D eigenvalue weighted by atomic mass is 9.96. The molecule has 0 amide bonds. The average Bonchev–Trinajstić information content (AvgIpc) is 2.45. The van der Waals surface area contributed by atoms with E-state index in [2.05, 4.69) is 15.7 Å². The molecule has 0 atom stereocenters. The number of anilines is 1. The summed E-state index contributed by atoms with van der Waals surface area (Å²) in [5.41, 5.74) is 3.05. The van der Waals surface area contributed by atoms with Crippen molar-refractivity contribution in [3.63, 3.8) is 0 Å². The van der Waals surface area contributed by atoms with Gasteiger partial charge in [-0.1, -0.05) is 42.5 Å². The summed E-state index contributed by atoms with van der Waals surface area (Å²) in [5.74, 6) is 5.25. The Kier molecular flexibility index (Phi) is 5.46. The number of hydrogen-bond acceptors (Lipinski definition) is 2. The van der Waals surface area contributed by atoms with Gasteiger partial charge in [-0.3, -0.25) is 5.43 Å². The molecule has 0 saturated heterocycles. The molecule has 110 valence electrons. The van der Waals surface area contributed by atoms with Crippen LogP contribution in [0.25, 0.3) is 0 Å². The molecule has 0 aliphatic heterocycles. The third-order valence-electron chi connectivity index (χ3n) is 3.27. The van der Waals surface area contributed by atoms with Gasteiger partial charge < -0.3 is 5.32 Å². The third-order valence-corrected chi connectivity index (χ3v) is 3.82. The van der Waals surface area contributed by atoms with Gasteiger partial charge in [-0.05, 0) is 25.0 Å². The minimum Gasteiger partial charge on any atom is -0.325 e. The van der Waals surface area contributed by atoms with Crippen LogP contribution in [0.3, 0.4) is 0 Å². The van der Waals surface area contributed by atoms with Crippen molar-refractivity contribution in [3.8, 4) is 0 Å². The number of benzene rings is 1. The molecule has 1 saturated carbocycles. The van der Waals surface area contributed by atoms with Gasteiger partial charge in [0, 0.05) is 5.69 Å². The van der Waals surface area contributed by atoms with Crippen molar-refractivity contribution >= 4 is 34.8 Å². The number of hydrazine groups is 1. The molecular formula is C13H17Cl2FN4. The number of guanidine groups is 1. The zero-order chi connectivity index (χ0) is 14.5. The Labute approximate surface area is 127 Å². The van der Waals surface area contributed by atoms with Crippen molar-refractivity contribution in [1.29, 1.82) is 0 Å². The monoisotopic (exact) mass is 318 g/mol. The van der Waals surface area contributed by atoms with Gasteiger partial charge >= 0.3 is 0 Å². The van der Waals surface area contributed by atoms with Crippen molar-refractivity contribution < 1.29 is 4.39 Å². The summed E-state index contributed by atoms with van der Waals surface area (Å²) in [6.45, 7) is 0. The predicted molar refractivity (Wildman–Crippen MR) is 81.7 cm³/mol. The number of nitrogens with zero attached hydrogens (tertiary/aromatic N) is 1. The Bertz CT molecular complexity index is 478. The minimum atomic E-state index is -0.634. The van der Waals surface area contributed by atoms with Gasteiger partial charge in [0.2, 0.25) is 5.96 Å². The zero-order valence-electron chi connectivity index (χ0n) is 10.9. The van der Waals surface area contributed by atoms with E-state index in [1.807, 2.05) is 0 Å². The van der Waals surface area contributed by atoms with Crippen LogP contribution in [0, 0.1) is 5.82 Å². The lowest BCUT2D eigenvalue weighted by molar-refractivity contribution is 0.442. The summed E-state index contributed by atoms with van der Waals surface area (Å²) in [7, 11) is 0. The van der Waals surface area contributed by atoms with E-state index in [-0.39, 0.29) is 16.1 Å². The molecule has 0 heterocycles. The fourth-order valence-electron chi connectivity index (χ4n) is 2.26. The minimum absolute atomic E-state index is 0.0472. The van der Waals surface area contributed by atoms with Gasteiger partial charge in [-0.15, -0.1) is 0 Å². The summed E-state index contributed by atoms with van der Waals surface area (Å²) in [6.07, 6.45) is 5.73. The normalized spacial score (nSPS) is 17.1. The van der Waals surface area contributed by atoms with Crippen LogP contribution in [0.1, 0.15) is 32.1 Å². The predicted octanol–water partition coefficient (Wildman–Crippen LogP) is 3.70. The van der Waals surface area contributed by atoms with Crippen LogP contribution in [0.15, 0.2) is 17.1 Å². The largest absolute Gasteiger partial charge is 0.325 e. The summed E-state index contributed by atoms with van der Waals surface area (Å²) in [4.78, 5) is 4.52. The quantitative estimate of drug-likeness (QED) is 0.256. The third kappa shape index (κ3) is 3.98. The van der Waals surface area contributed by atoms with Crippen molar-refractivity contribution in [2.24, 2.45) is 10.8 Å². The van der Waals surface area contributed by atoms with Gasteiger partial charge in [0.25, 0.3) is 0 Å². The van der Waals surface area contributed by atoms with E-state index in [0.717, 1.165) is 12.8 Å². The second-order valence-electron chi connectivity index (χ2n) is 4.79. The van der Waals surface area contributed by atoms with E-state index in [1.165, 1.54) is 31.4 Å². The van der Waals surface area contributed by atoms with Gasteiger partial charge in [0.1, 0.15) is 0 Å². The second kappa shape index (κ2) is 7.11.